The highest BCUT2D eigenvalue weighted by atomic mass is 16.3. The van der Waals surface area contributed by atoms with Crippen molar-refractivity contribution >= 4 is 5.78 Å². The van der Waals surface area contributed by atoms with E-state index in [2.05, 4.69) is 9.97 Å². The molecule has 0 aromatic carbocycles. The van der Waals surface area contributed by atoms with Crippen LogP contribution in [-0.4, -0.2) is 15.8 Å². The number of furan rings is 1. The van der Waals surface area contributed by atoms with Crippen molar-refractivity contribution in [3.05, 3.63) is 47.9 Å². The zero-order valence-electron chi connectivity index (χ0n) is 7.60. The van der Waals surface area contributed by atoms with E-state index in [0.717, 1.165) is 0 Å². The van der Waals surface area contributed by atoms with Crippen molar-refractivity contribution < 1.29 is 9.21 Å². The van der Waals surface area contributed by atoms with Crippen LogP contribution in [0.15, 0.2) is 35.3 Å². The predicted octanol–water partition coefficient (Wildman–Crippen LogP) is 1.61. The second kappa shape index (κ2) is 3.41. The molecule has 0 radical (unpaired) electrons. The molecule has 2 aromatic rings. The third-order valence-corrected chi connectivity index (χ3v) is 1.90. The number of nitrogens with zero attached hydrogens (tertiary/aromatic N) is 2. The van der Waals surface area contributed by atoms with Gasteiger partial charge >= 0.3 is 0 Å². The molecule has 2 heterocycles. The van der Waals surface area contributed by atoms with Gasteiger partial charge in [-0.2, -0.15) is 0 Å². The molecule has 0 amide bonds. The lowest BCUT2D eigenvalue weighted by Gasteiger charge is -1.99. The highest BCUT2D eigenvalue weighted by molar-refractivity contribution is 6.07. The second-order valence-corrected chi connectivity index (χ2v) is 2.83. The van der Waals surface area contributed by atoms with Crippen LogP contribution >= 0.6 is 0 Å². The molecule has 14 heavy (non-hydrogen) atoms. The first-order valence-corrected chi connectivity index (χ1v) is 4.14. The standard InChI is InChI=1S/C10H8N2O2/c1-7-8(5-11-6-12-7)10(13)9-3-2-4-14-9/h2-6H,1H3. The maximum atomic E-state index is 11.8. The molecule has 0 saturated carbocycles. The van der Waals surface area contributed by atoms with Crippen LogP contribution in [0.3, 0.4) is 0 Å². The SMILES string of the molecule is Cc1ncncc1C(=O)c1ccco1. The first kappa shape index (κ1) is 8.62. The zero-order chi connectivity index (χ0) is 9.97. The van der Waals surface area contributed by atoms with Gasteiger partial charge in [0.05, 0.1) is 17.5 Å². The monoisotopic (exact) mass is 188 g/mol. The van der Waals surface area contributed by atoms with Gasteiger partial charge in [0.25, 0.3) is 0 Å². The summed E-state index contributed by atoms with van der Waals surface area (Å²) < 4.78 is 5.00. The first-order chi connectivity index (χ1) is 6.79. The van der Waals surface area contributed by atoms with Gasteiger partial charge in [-0.1, -0.05) is 0 Å². The third kappa shape index (κ3) is 1.42. The number of aryl methyl sites for hydroxylation is 1. The van der Waals surface area contributed by atoms with E-state index in [9.17, 15) is 4.79 Å². The molecular weight excluding hydrogens is 180 g/mol. The minimum Gasteiger partial charge on any atom is -0.461 e. The Morgan fingerprint density at radius 3 is 3.00 bits per heavy atom. The fourth-order valence-electron chi connectivity index (χ4n) is 1.15. The molecule has 0 saturated heterocycles. The van der Waals surface area contributed by atoms with Gasteiger partial charge in [-0.25, -0.2) is 9.97 Å². The molecular formula is C10H8N2O2. The van der Waals surface area contributed by atoms with Crippen molar-refractivity contribution in [2.24, 2.45) is 0 Å². The van der Waals surface area contributed by atoms with E-state index >= 15 is 0 Å². The summed E-state index contributed by atoms with van der Waals surface area (Å²) >= 11 is 0. The van der Waals surface area contributed by atoms with E-state index in [0.29, 0.717) is 17.0 Å². The minimum absolute atomic E-state index is 0.187. The third-order valence-electron chi connectivity index (χ3n) is 1.90. The maximum Gasteiger partial charge on any atom is 0.231 e. The highest BCUT2D eigenvalue weighted by Crippen LogP contribution is 2.10. The first-order valence-electron chi connectivity index (χ1n) is 4.14. The van der Waals surface area contributed by atoms with Crippen LogP contribution in [0.1, 0.15) is 21.8 Å². The van der Waals surface area contributed by atoms with Crippen molar-refractivity contribution in [3.63, 3.8) is 0 Å². The van der Waals surface area contributed by atoms with Gasteiger partial charge in [-0.05, 0) is 19.1 Å². The normalized spacial score (nSPS) is 10.1. The molecule has 0 atom stereocenters. The van der Waals surface area contributed by atoms with Crippen LogP contribution in [0, 0.1) is 6.92 Å². The zero-order valence-corrected chi connectivity index (χ0v) is 7.60. The number of hydrogen-bond donors (Lipinski definition) is 0. The van der Waals surface area contributed by atoms with Gasteiger partial charge in [0.15, 0.2) is 5.76 Å². The Bertz CT molecular complexity index is 449. The quantitative estimate of drug-likeness (QED) is 0.672. The van der Waals surface area contributed by atoms with Gasteiger partial charge in [0, 0.05) is 6.20 Å². The lowest BCUT2D eigenvalue weighted by molar-refractivity contribution is 0.101. The number of hydrogen-bond acceptors (Lipinski definition) is 4. The number of aromatic nitrogens is 2. The predicted molar refractivity (Wildman–Crippen MR) is 48.9 cm³/mol. The summed E-state index contributed by atoms with van der Waals surface area (Å²) in [5.74, 6) is 0.121. The van der Waals surface area contributed by atoms with E-state index in [1.165, 1.54) is 18.8 Å². The highest BCUT2D eigenvalue weighted by Gasteiger charge is 2.14. The molecule has 0 aliphatic heterocycles. The number of rotatable bonds is 2. The van der Waals surface area contributed by atoms with Gasteiger partial charge in [0.2, 0.25) is 5.78 Å². The van der Waals surface area contributed by atoms with Gasteiger partial charge in [-0.15, -0.1) is 0 Å². The second-order valence-electron chi connectivity index (χ2n) is 2.83. The number of carbonyl (C=O) groups excluding carboxylic acids is 1. The largest absolute Gasteiger partial charge is 0.461 e. The van der Waals surface area contributed by atoms with E-state index in [1.54, 1.807) is 19.1 Å². The summed E-state index contributed by atoms with van der Waals surface area (Å²) in [6, 6.07) is 3.29. The molecule has 2 rings (SSSR count). The van der Waals surface area contributed by atoms with Crippen LogP contribution in [0.25, 0.3) is 0 Å². The van der Waals surface area contributed by atoms with Crippen molar-refractivity contribution in [3.8, 4) is 0 Å². The summed E-state index contributed by atoms with van der Waals surface area (Å²) in [6.45, 7) is 1.76. The van der Waals surface area contributed by atoms with E-state index in [1.807, 2.05) is 0 Å². The summed E-state index contributed by atoms with van der Waals surface area (Å²) in [6.07, 6.45) is 4.37. The van der Waals surface area contributed by atoms with Gasteiger partial charge in [0.1, 0.15) is 6.33 Å². The Balaban J connectivity index is 2.42. The summed E-state index contributed by atoms with van der Waals surface area (Å²) in [5.41, 5.74) is 1.13. The molecule has 2 aromatic heterocycles. The molecule has 0 fully saturated rings. The lowest BCUT2D eigenvalue weighted by atomic mass is 10.1. The summed E-state index contributed by atoms with van der Waals surface area (Å²) in [4.78, 5) is 19.5. The number of carbonyl (C=O) groups is 1. The maximum absolute atomic E-state index is 11.8. The Labute approximate surface area is 80.6 Å². The topological polar surface area (TPSA) is 56.0 Å². The molecule has 0 unspecified atom stereocenters. The number of ketones is 1. The summed E-state index contributed by atoms with van der Waals surface area (Å²) in [7, 11) is 0. The van der Waals surface area contributed by atoms with E-state index in [-0.39, 0.29) is 5.78 Å². The van der Waals surface area contributed by atoms with E-state index < -0.39 is 0 Å². The van der Waals surface area contributed by atoms with E-state index in [4.69, 9.17) is 4.42 Å². The molecule has 0 N–H and O–H groups in total. The molecule has 0 aliphatic carbocycles. The van der Waals surface area contributed by atoms with Crippen LogP contribution in [0.4, 0.5) is 0 Å². The molecule has 0 bridgehead atoms. The van der Waals surface area contributed by atoms with Crippen LogP contribution < -0.4 is 0 Å². The smallest absolute Gasteiger partial charge is 0.231 e. The van der Waals surface area contributed by atoms with Crippen LogP contribution in [-0.2, 0) is 0 Å². The Kier molecular flexibility index (Phi) is 2.10. The Hall–Kier alpha value is -1.97. The summed E-state index contributed by atoms with van der Waals surface area (Å²) in [5, 5.41) is 0. The van der Waals surface area contributed by atoms with Gasteiger partial charge < -0.3 is 4.42 Å². The molecule has 0 aliphatic rings. The van der Waals surface area contributed by atoms with Gasteiger partial charge in [-0.3, -0.25) is 4.79 Å². The molecule has 4 nitrogen and oxygen atoms in total. The fourth-order valence-corrected chi connectivity index (χ4v) is 1.15. The van der Waals surface area contributed by atoms with Crippen LogP contribution in [0.5, 0.6) is 0 Å². The molecule has 70 valence electrons. The fraction of sp³-hybridized carbons (Fsp3) is 0.100. The molecule has 0 spiro atoms. The Morgan fingerprint density at radius 2 is 2.36 bits per heavy atom. The molecule has 4 heteroatoms. The Morgan fingerprint density at radius 1 is 1.50 bits per heavy atom. The lowest BCUT2D eigenvalue weighted by Crippen LogP contribution is -2.04. The van der Waals surface area contributed by atoms with Crippen molar-refractivity contribution in [1.29, 1.82) is 0 Å². The van der Waals surface area contributed by atoms with Crippen molar-refractivity contribution in [2.45, 2.75) is 6.92 Å². The van der Waals surface area contributed by atoms with Crippen LogP contribution in [0.2, 0.25) is 0 Å². The van der Waals surface area contributed by atoms with Crippen molar-refractivity contribution in [2.75, 3.05) is 0 Å². The average Bonchev–Trinajstić information content (AvgIpc) is 2.70. The van der Waals surface area contributed by atoms with Crippen molar-refractivity contribution in [1.82, 2.24) is 9.97 Å². The minimum atomic E-state index is -0.187. The average molecular weight is 188 g/mol.